The van der Waals surface area contributed by atoms with E-state index in [-0.39, 0.29) is 12.4 Å². The minimum atomic E-state index is -0.321. The lowest BCUT2D eigenvalue weighted by atomic mass is 10.2. The van der Waals surface area contributed by atoms with Gasteiger partial charge in [0.1, 0.15) is 12.4 Å². The first-order valence-electron chi connectivity index (χ1n) is 7.13. The molecule has 2 aromatic rings. The van der Waals surface area contributed by atoms with Crippen molar-refractivity contribution in [2.45, 2.75) is 13.2 Å². The number of rotatable bonds is 4. The fraction of sp³-hybridized carbons (Fsp3) is 0.400. The second kappa shape index (κ2) is 6.64. The molecule has 22 heavy (non-hydrogen) atoms. The van der Waals surface area contributed by atoms with Gasteiger partial charge in [0, 0.05) is 38.8 Å². The van der Waals surface area contributed by atoms with Crippen molar-refractivity contribution in [3.05, 3.63) is 46.6 Å². The molecule has 118 valence electrons. The highest BCUT2D eigenvalue weighted by Crippen LogP contribution is 2.27. The topological polar surface area (TPSA) is 52.7 Å². The van der Waals surface area contributed by atoms with Gasteiger partial charge in [-0.15, -0.1) is 0 Å². The van der Waals surface area contributed by atoms with Gasteiger partial charge in [-0.05, 0) is 18.2 Å². The van der Waals surface area contributed by atoms with Crippen LogP contribution in [0.2, 0.25) is 5.02 Å². The van der Waals surface area contributed by atoms with Gasteiger partial charge in [-0.3, -0.25) is 4.90 Å². The Balaban J connectivity index is 1.58. The van der Waals surface area contributed by atoms with Crippen molar-refractivity contribution in [2.24, 2.45) is 0 Å². The first-order chi connectivity index (χ1) is 10.7. The number of halogens is 2. The van der Waals surface area contributed by atoms with E-state index in [1.165, 1.54) is 12.1 Å². The molecule has 1 aliphatic heterocycles. The molecule has 1 aliphatic rings. The zero-order valence-electron chi connectivity index (χ0n) is 12.0. The molecule has 3 rings (SSSR count). The highest BCUT2D eigenvalue weighted by atomic mass is 35.5. The molecular weight excluding hydrogens is 309 g/mol. The Labute approximate surface area is 132 Å². The van der Waals surface area contributed by atoms with Crippen molar-refractivity contribution >= 4 is 17.3 Å². The van der Waals surface area contributed by atoms with E-state index in [1.54, 1.807) is 12.1 Å². The minimum Gasteiger partial charge on any atom is -0.388 e. The van der Waals surface area contributed by atoms with Gasteiger partial charge in [-0.2, -0.15) is 0 Å². The van der Waals surface area contributed by atoms with Crippen molar-refractivity contribution < 1.29 is 14.0 Å². The zero-order valence-corrected chi connectivity index (χ0v) is 12.8. The Morgan fingerprint density at radius 3 is 2.64 bits per heavy atom. The molecule has 0 atom stereocenters. The van der Waals surface area contributed by atoms with Crippen LogP contribution in [0.5, 0.6) is 0 Å². The first-order valence-corrected chi connectivity index (χ1v) is 7.51. The smallest absolute Gasteiger partial charge is 0.162 e. The molecule has 1 N–H and O–H groups in total. The Kier molecular flexibility index (Phi) is 4.61. The Morgan fingerprint density at radius 1 is 1.23 bits per heavy atom. The molecular formula is C15H17ClFN3O2. The monoisotopic (exact) mass is 325 g/mol. The molecule has 0 aliphatic carbocycles. The average Bonchev–Trinajstić information content (AvgIpc) is 2.96. The lowest BCUT2D eigenvalue weighted by Crippen LogP contribution is -2.46. The third-order valence-electron chi connectivity index (χ3n) is 3.77. The van der Waals surface area contributed by atoms with E-state index in [9.17, 15) is 4.39 Å². The van der Waals surface area contributed by atoms with Gasteiger partial charge in [0.05, 0.1) is 16.4 Å². The summed E-state index contributed by atoms with van der Waals surface area (Å²) < 4.78 is 18.1. The number of hydrogen-bond donors (Lipinski definition) is 1. The van der Waals surface area contributed by atoms with E-state index in [0.717, 1.165) is 37.6 Å². The van der Waals surface area contributed by atoms with Crippen LogP contribution in [0.3, 0.4) is 0 Å². The standard InChI is InChI=1S/C15H17ClFN3O2/c16-14-7-11(17)1-2-15(14)20-5-3-19(4-6-20)9-12-8-13(10-21)22-18-12/h1-2,7-8,21H,3-6,9-10H2. The normalized spacial score (nSPS) is 16.2. The molecule has 0 radical (unpaired) electrons. The summed E-state index contributed by atoms with van der Waals surface area (Å²) in [7, 11) is 0. The molecule has 1 saturated heterocycles. The van der Waals surface area contributed by atoms with Gasteiger partial charge in [-0.25, -0.2) is 4.39 Å². The summed E-state index contributed by atoms with van der Waals surface area (Å²) in [5.41, 5.74) is 1.68. The Hall–Kier alpha value is -1.63. The number of aliphatic hydroxyl groups excluding tert-OH is 1. The van der Waals surface area contributed by atoms with E-state index in [0.29, 0.717) is 17.3 Å². The summed E-state index contributed by atoms with van der Waals surface area (Å²) in [6, 6.07) is 6.26. The highest BCUT2D eigenvalue weighted by Gasteiger charge is 2.20. The molecule has 0 amide bonds. The molecule has 1 aromatic heterocycles. The van der Waals surface area contributed by atoms with E-state index in [4.69, 9.17) is 21.2 Å². The van der Waals surface area contributed by atoms with E-state index < -0.39 is 0 Å². The summed E-state index contributed by atoms with van der Waals surface area (Å²) in [4.78, 5) is 4.41. The lowest BCUT2D eigenvalue weighted by molar-refractivity contribution is 0.222. The second-order valence-electron chi connectivity index (χ2n) is 5.30. The summed E-state index contributed by atoms with van der Waals surface area (Å²) in [5.74, 6) is 0.157. The molecule has 1 aromatic carbocycles. The van der Waals surface area contributed by atoms with Crippen LogP contribution in [0, 0.1) is 5.82 Å². The van der Waals surface area contributed by atoms with Gasteiger partial charge in [0.25, 0.3) is 0 Å². The van der Waals surface area contributed by atoms with Crippen LogP contribution in [-0.4, -0.2) is 41.3 Å². The zero-order chi connectivity index (χ0) is 15.5. The molecule has 0 spiro atoms. The Morgan fingerprint density at radius 2 is 2.00 bits per heavy atom. The van der Waals surface area contributed by atoms with Crippen LogP contribution >= 0.6 is 11.6 Å². The number of benzene rings is 1. The summed E-state index contributed by atoms with van der Waals surface area (Å²) in [6.07, 6.45) is 0. The largest absolute Gasteiger partial charge is 0.388 e. The SMILES string of the molecule is OCc1cc(CN2CCN(c3ccc(F)cc3Cl)CC2)no1. The maximum atomic E-state index is 13.1. The van der Waals surface area contributed by atoms with Crippen LogP contribution in [0.15, 0.2) is 28.8 Å². The Bertz CT molecular complexity index is 641. The van der Waals surface area contributed by atoms with Crippen molar-refractivity contribution in [3.8, 4) is 0 Å². The molecule has 0 saturated carbocycles. The van der Waals surface area contributed by atoms with Gasteiger partial charge >= 0.3 is 0 Å². The number of hydrogen-bond acceptors (Lipinski definition) is 5. The third-order valence-corrected chi connectivity index (χ3v) is 4.07. The maximum Gasteiger partial charge on any atom is 0.162 e. The van der Waals surface area contributed by atoms with Gasteiger partial charge in [0.2, 0.25) is 0 Å². The first kappa shape index (κ1) is 15.3. The maximum absolute atomic E-state index is 13.1. The van der Waals surface area contributed by atoms with E-state index in [2.05, 4.69) is 15.0 Å². The van der Waals surface area contributed by atoms with Gasteiger partial charge in [0.15, 0.2) is 5.76 Å². The average molecular weight is 326 g/mol. The van der Waals surface area contributed by atoms with Crippen molar-refractivity contribution in [1.82, 2.24) is 10.1 Å². The molecule has 2 heterocycles. The number of aliphatic hydroxyl groups is 1. The van der Waals surface area contributed by atoms with Crippen LogP contribution in [-0.2, 0) is 13.2 Å². The van der Waals surface area contributed by atoms with E-state index >= 15 is 0 Å². The number of anilines is 1. The predicted octanol–water partition coefficient (Wildman–Crippen LogP) is 2.28. The third kappa shape index (κ3) is 3.40. The van der Waals surface area contributed by atoms with Gasteiger partial charge in [-0.1, -0.05) is 16.8 Å². The molecule has 0 unspecified atom stereocenters. The number of nitrogens with zero attached hydrogens (tertiary/aromatic N) is 3. The molecule has 1 fully saturated rings. The van der Waals surface area contributed by atoms with Crippen LogP contribution < -0.4 is 4.90 Å². The molecule has 5 nitrogen and oxygen atoms in total. The van der Waals surface area contributed by atoms with Crippen LogP contribution in [0.4, 0.5) is 10.1 Å². The van der Waals surface area contributed by atoms with E-state index in [1.807, 2.05) is 0 Å². The summed E-state index contributed by atoms with van der Waals surface area (Å²) >= 11 is 6.11. The number of piperazine rings is 1. The minimum absolute atomic E-state index is 0.135. The summed E-state index contributed by atoms with van der Waals surface area (Å²) in [5, 5.41) is 13.3. The summed E-state index contributed by atoms with van der Waals surface area (Å²) in [6.45, 7) is 3.90. The second-order valence-corrected chi connectivity index (χ2v) is 5.71. The van der Waals surface area contributed by atoms with Crippen molar-refractivity contribution in [3.63, 3.8) is 0 Å². The molecule has 7 heteroatoms. The number of aromatic nitrogens is 1. The van der Waals surface area contributed by atoms with Crippen LogP contribution in [0.25, 0.3) is 0 Å². The van der Waals surface area contributed by atoms with Crippen LogP contribution in [0.1, 0.15) is 11.5 Å². The fourth-order valence-corrected chi connectivity index (χ4v) is 2.91. The van der Waals surface area contributed by atoms with Crippen molar-refractivity contribution in [1.29, 1.82) is 0 Å². The highest BCUT2D eigenvalue weighted by molar-refractivity contribution is 6.33. The fourth-order valence-electron chi connectivity index (χ4n) is 2.62. The van der Waals surface area contributed by atoms with Gasteiger partial charge < -0.3 is 14.5 Å². The lowest BCUT2D eigenvalue weighted by Gasteiger charge is -2.36. The van der Waals surface area contributed by atoms with Crippen molar-refractivity contribution in [2.75, 3.05) is 31.1 Å². The predicted molar refractivity (Wildman–Crippen MR) is 81.3 cm³/mol. The molecule has 0 bridgehead atoms. The quantitative estimate of drug-likeness (QED) is 0.934.